The highest BCUT2D eigenvalue weighted by atomic mass is 16.6. The van der Waals surface area contributed by atoms with E-state index in [4.69, 9.17) is 5.11 Å². The summed E-state index contributed by atoms with van der Waals surface area (Å²) < 4.78 is 1.34. The van der Waals surface area contributed by atoms with E-state index in [0.29, 0.717) is 12.1 Å². The Morgan fingerprint density at radius 2 is 2.22 bits per heavy atom. The standard InChI is InChI=1S/C10H16N4O4/c1-5-7-8(14(17)18)9(13(4)11-7)12(3)6(2)10(15)16/h6H,5H2,1-4H3,(H,15,16). The fraction of sp³-hybridized carbons (Fsp3) is 0.600. The maximum absolute atomic E-state index is 11.1. The van der Waals surface area contributed by atoms with Crippen molar-refractivity contribution in [3.8, 4) is 0 Å². The molecule has 1 aromatic heterocycles. The second-order valence-electron chi connectivity index (χ2n) is 3.98. The number of likely N-dealkylation sites (N-methyl/N-ethyl adjacent to an activating group) is 1. The summed E-state index contributed by atoms with van der Waals surface area (Å²) in [6.45, 7) is 3.23. The summed E-state index contributed by atoms with van der Waals surface area (Å²) in [5.74, 6) is -0.849. The molecule has 100 valence electrons. The minimum atomic E-state index is -1.05. The van der Waals surface area contributed by atoms with Gasteiger partial charge in [0.2, 0.25) is 5.82 Å². The van der Waals surface area contributed by atoms with Crippen LogP contribution in [0.2, 0.25) is 0 Å². The molecule has 0 aliphatic heterocycles. The van der Waals surface area contributed by atoms with Crippen LogP contribution in [-0.2, 0) is 18.3 Å². The molecule has 8 nitrogen and oxygen atoms in total. The maximum Gasteiger partial charge on any atom is 0.334 e. The van der Waals surface area contributed by atoms with Crippen LogP contribution in [0.4, 0.5) is 11.5 Å². The van der Waals surface area contributed by atoms with Gasteiger partial charge in [0.05, 0.1) is 4.92 Å². The van der Waals surface area contributed by atoms with Gasteiger partial charge < -0.3 is 10.0 Å². The molecule has 1 unspecified atom stereocenters. The van der Waals surface area contributed by atoms with Gasteiger partial charge in [-0.1, -0.05) is 6.92 Å². The van der Waals surface area contributed by atoms with Crippen LogP contribution in [0.5, 0.6) is 0 Å². The molecule has 0 aliphatic rings. The van der Waals surface area contributed by atoms with Crippen LogP contribution in [0.25, 0.3) is 0 Å². The van der Waals surface area contributed by atoms with E-state index in [1.165, 1.54) is 23.6 Å². The van der Waals surface area contributed by atoms with Crippen LogP contribution >= 0.6 is 0 Å². The van der Waals surface area contributed by atoms with Gasteiger partial charge in [0, 0.05) is 14.1 Å². The zero-order chi connectivity index (χ0) is 14.0. The molecule has 1 heterocycles. The summed E-state index contributed by atoms with van der Waals surface area (Å²) in [4.78, 5) is 22.8. The highest BCUT2D eigenvalue weighted by Crippen LogP contribution is 2.31. The number of aryl methyl sites for hydroxylation is 2. The van der Waals surface area contributed by atoms with Gasteiger partial charge in [-0.15, -0.1) is 0 Å². The number of anilines is 1. The molecule has 1 atom stereocenters. The summed E-state index contributed by atoms with van der Waals surface area (Å²) in [6, 6.07) is -0.871. The molecule has 0 aromatic carbocycles. The molecule has 0 spiro atoms. The minimum absolute atomic E-state index is 0.129. The summed E-state index contributed by atoms with van der Waals surface area (Å²) in [7, 11) is 3.06. The lowest BCUT2D eigenvalue weighted by atomic mass is 10.2. The Balaban J connectivity index is 3.35. The van der Waals surface area contributed by atoms with Crippen molar-refractivity contribution in [2.75, 3.05) is 11.9 Å². The third-order valence-electron chi connectivity index (χ3n) is 2.85. The first kappa shape index (κ1) is 13.9. The molecule has 0 fully saturated rings. The Morgan fingerprint density at radius 3 is 2.61 bits per heavy atom. The molecule has 0 bridgehead atoms. The van der Waals surface area contributed by atoms with Gasteiger partial charge in [-0.3, -0.25) is 10.1 Å². The van der Waals surface area contributed by atoms with E-state index in [0.717, 1.165) is 0 Å². The summed E-state index contributed by atoms with van der Waals surface area (Å²) >= 11 is 0. The summed E-state index contributed by atoms with van der Waals surface area (Å²) in [5, 5.41) is 24.1. The van der Waals surface area contributed by atoms with Crippen molar-refractivity contribution in [2.24, 2.45) is 7.05 Å². The topological polar surface area (TPSA) is 102 Å². The Kier molecular flexibility index (Phi) is 3.89. The van der Waals surface area contributed by atoms with Crippen LogP contribution in [0.3, 0.4) is 0 Å². The number of aliphatic carboxylic acids is 1. The monoisotopic (exact) mass is 256 g/mol. The van der Waals surface area contributed by atoms with Gasteiger partial charge in [-0.25, -0.2) is 9.48 Å². The average Bonchev–Trinajstić information content (AvgIpc) is 2.63. The van der Waals surface area contributed by atoms with Crippen molar-refractivity contribution in [3.63, 3.8) is 0 Å². The largest absolute Gasteiger partial charge is 0.480 e. The first-order valence-corrected chi connectivity index (χ1v) is 5.47. The molecule has 1 N–H and O–H groups in total. The molecule has 0 saturated carbocycles. The van der Waals surface area contributed by atoms with Crippen molar-refractivity contribution in [1.29, 1.82) is 0 Å². The SMILES string of the molecule is CCc1nn(C)c(N(C)C(C)C(=O)O)c1[N+](=O)[O-]. The Bertz CT molecular complexity index is 482. The normalized spacial score (nSPS) is 12.2. The van der Waals surface area contributed by atoms with Gasteiger partial charge in [0.25, 0.3) is 0 Å². The smallest absolute Gasteiger partial charge is 0.334 e. The molecule has 18 heavy (non-hydrogen) atoms. The number of hydrogen-bond acceptors (Lipinski definition) is 5. The lowest BCUT2D eigenvalue weighted by Crippen LogP contribution is -2.37. The molecule has 0 saturated heterocycles. The highest BCUT2D eigenvalue weighted by molar-refractivity contribution is 5.78. The number of carbonyl (C=O) groups is 1. The predicted octanol–water partition coefficient (Wildman–Crippen LogP) is 0.800. The lowest BCUT2D eigenvalue weighted by molar-refractivity contribution is -0.384. The van der Waals surface area contributed by atoms with Crippen molar-refractivity contribution in [3.05, 3.63) is 15.8 Å². The van der Waals surface area contributed by atoms with E-state index in [9.17, 15) is 14.9 Å². The van der Waals surface area contributed by atoms with Gasteiger partial charge >= 0.3 is 11.7 Å². The molecule has 1 aromatic rings. The van der Waals surface area contributed by atoms with Crippen LogP contribution in [0.1, 0.15) is 19.5 Å². The molecule has 0 amide bonds. The van der Waals surface area contributed by atoms with Crippen molar-refractivity contribution >= 4 is 17.5 Å². The molecule has 1 rings (SSSR count). The van der Waals surface area contributed by atoms with Gasteiger partial charge in [-0.2, -0.15) is 5.10 Å². The van der Waals surface area contributed by atoms with Crippen LogP contribution in [-0.4, -0.2) is 38.9 Å². The zero-order valence-corrected chi connectivity index (χ0v) is 10.7. The number of nitro groups is 1. The van der Waals surface area contributed by atoms with E-state index in [1.807, 2.05) is 0 Å². The molecule has 0 radical (unpaired) electrons. The fourth-order valence-electron chi connectivity index (χ4n) is 1.73. The second-order valence-corrected chi connectivity index (χ2v) is 3.98. The average molecular weight is 256 g/mol. The van der Waals surface area contributed by atoms with E-state index in [2.05, 4.69) is 5.10 Å². The molecule has 0 aliphatic carbocycles. The summed E-state index contributed by atoms with van der Waals surface area (Å²) in [6.07, 6.45) is 0.416. The Morgan fingerprint density at radius 1 is 1.67 bits per heavy atom. The first-order valence-electron chi connectivity index (χ1n) is 5.47. The third kappa shape index (κ3) is 2.27. The van der Waals surface area contributed by atoms with Crippen LogP contribution in [0.15, 0.2) is 0 Å². The molecule has 8 heteroatoms. The minimum Gasteiger partial charge on any atom is -0.480 e. The first-order chi connectivity index (χ1) is 8.31. The fourth-order valence-corrected chi connectivity index (χ4v) is 1.73. The van der Waals surface area contributed by atoms with E-state index in [1.54, 1.807) is 14.0 Å². The third-order valence-corrected chi connectivity index (χ3v) is 2.85. The van der Waals surface area contributed by atoms with Crippen LogP contribution < -0.4 is 4.90 Å². The van der Waals surface area contributed by atoms with Crippen molar-refractivity contribution in [2.45, 2.75) is 26.3 Å². The Hall–Kier alpha value is -2.12. The molecular weight excluding hydrogens is 240 g/mol. The van der Waals surface area contributed by atoms with Gasteiger partial charge in [0.1, 0.15) is 11.7 Å². The van der Waals surface area contributed by atoms with E-state index in [-0.39, 0.29) is 11.5 Å². The Labute approximate surface area is 104 Å². The lowest BCUT2D eigenvalue weighted by Gasteiger charge is -2.22. The van der Waals surface area contributed by atoms with Gasteiger partial charge in [0.15, 0.2) is 0 Å². The number of carboxylic acid groups (broad SMARTS) is 1. The van der Waals surface area contributed by atoms with Crippen molar-refractivity contribution < 1.29 is 14.8 Å². The molecular formula is C10H16N4O4. The number of nitrogens with zero attached hydrogens (tertiary/aromatic N) is 4. The highest BCUT2D eigenvalue weighted by Gasteiger charge is 2.31. The number of aromatic nitrogens is 2. The van der Waals surface area contributed by atoms with E-state index >= 15 is 0 Å². The predicted molar refractivity (Wildman–Crippen MR) is 64.7 cm³/mol. The van der Waals surface area contributed by atoms with E-state index < -0.39 is 16.9 Å². The number of carboxylic acids is 1. The zero-order valence-electron chi connectivity index (χ0n) is 10.7. The number of hydrogen-bond donors (Lipinski definition) is 1. The van der Waals surface area contributed by atoms with Crippen molar-refractivity contribution in [1.82, 2.24) is 9.78 Å². The second kappa shape index (κ2) is 5.03. The quantitative estimate of drug-likeness (QED) is 0.617. The van der Waals surface area contributed by atoms with Gasteiger partial charge in [-0.05, 0) is 13.3 Å². The summed E-state index contributed by atoms with van der Waals surface area (Å²) in [5.41, 5.74) is 0.220. The number of rotatable bonds is 5. The maximum atomic E-state index is 11.1. The van der Waals surface area contributed by atoms with Crippen LogP contribution in [0, 0.1) is 10.1 Å².